The van der Waals surface area contributed by atoms with Crippen LogP contribution < -0.4 is 5.32 Å². The summed E-state index contributed by atoms with van der Waals surface area (Å²) in [6.45, 7) is 0.191. The number of aromatic nitrogens is 2. The van der Waals surface area contributed by atoms with Gasteiger partial charge in [0.15, 0.2) is 10.8 Å². The van der Waals surface area contributed by atoms with E-state index in [1.165, 1.54) is 12.1 Å². The molecule has 2 aromatic heterocycles. The maximum absolute atomic E-state index is 12.4. The second kappa shape index (κ2) is 6.10. The lowest BCUT2D eigenvalue weighted by molar-refractivity contribution is 0.0696. The Labute approximate surface area is 136 Å². The number of benzene rings is 1. The molecule has 0 aliphatic rings. The van der Waals surface area contributed by atoms with Gasteiger partial charge in [-0.1, -0.05) is 29.8 Å². The number of pyridine rings is 1. The van der Waals surface area contributed by atoms with Crippen molar-refractivity contribution < 1.29 is 14.7 Å². The molecule has 0 unspecified atom stereocenters. The van der Waals surface area contributed by atoms with Crippen LogP contribution in [0.25, 0.3) is 5.65 Å². The molecule has 2 heterocycles. The number of carbonyl (C=O) groups is 2. The van der Waals surface area contributed by atoms with Crippen molar-refractivity contribution in [1.82, 2.24) is 14.7 Å². The SMILES string of the molecule is O=C(O)c1cccc(CNC(=O)c2c(Cl)nc3ccccn23)c1. The number of hydrogen-bond donors (Lipinski definition) is 2. The molecule has 0 radical (unpaired) electrons. The van der Waals surface area contributed by atoms with Crippen molar-refractivity contribution in [3.63, 3.8) is 0 Å². The normalized spacial score (nSPS) is 10.7. The lowest BCUT2D eigenvalue weighted by Crippen LogP contribution is -2.24. The molecule has 3 aromatic rings. The minimum absolute atomic E-state index is 0.119. The minimum atomic E-state index is -1.01. The highest BCUT2D eigenvalue weighted by Crippen LogP contribution is 2.17. The maximum atomic E-state index is 12.4. The first-order valence-electron chi connectivity index (χ1n) is 6.79. The quantitative estimate of drug-likeness (QED) is 0.770. The molecule has 3 rings (SSSR count). The number of carboxylic acids is 1. The van der Waals surface area contributed by atoms with E-state index in [4.69, 9.17) is 16.7 Å². The predicted molar refractivity (Wildman–Crippen MR) is 84.8 cm³/mol. The van der Waals surface area contributed by atoms with E-state index < -0.39 is 5.97 Å². The summed E-state index contributed by atoms with van der Waals surface area (Å²) in [5, 5.41) is 11.8. The number of fused-ring (bicyclic) bond motifs is 1. The average molecular weight is 330 g/mol. The standard InChI is InChI=1S/C16H12ClN3O3/c17-14-13(20-7-2-1-6-12(20)19-14)15(21)18-9-10-4-3-5-11(8-10)16(22)23/h1-8H,9H2,(H,18,21)(H,22,23). The molecule has 0 fully saturated rings. The van der Waals surface area contributed by atoms with Crippen molar-refractivity contribution >= 4 is 29.1 Å². The first-order valence-corrected chi connectivity index (χ1v) is 7.17. The zero-order chi connectivity index (χ0) is 16.4. The minimum Gasteiger partial charge on any atom is -0.478 e. The van der Waals surface area contributed by atoms with Crippen LogP contribution >= 0.6 is 11.6 Å². The van der Waals surface area contributed by atoms with Gasteiger partial charge in [-0.05, 0) is 29.8 Å². The number of imidazole rings is 1. The van der Waals surface area contributed by atoms with Crippen LogP contribution in [0.1, 0.15) is 26.4 Å². The lowest BCUT2D eigenvalue weighted by atomic mass is 10.1. The van der Waals surface area contributed by atoms with Gasteiger partial charge >= 0.3 is 5.97 Å². The number of carboxylic acid groups (broad SMARTS) is 1. The molecule has 23 heavy (non-hydrogen) atoms. The first-order chi connectivity index (χ1) is 11.1. The molecule has 1 amide bonds. The highest BCUT2D eigenvalue weighted by atomic mass is 35.5. The fraction of sp³-hybridized carbons (Fsp3) is 0.0625. The number of hydrogen-bond acceptors (Lipinski definition) is 3. The highest BCUT2D eigenvalue weighted by Gasteiger charge is 2.17. The Balaban J connectivity index is 1.80. The summed E-state index contributed by atoms with van der Waals surface area (Å²) >= 11 is 6.04. The maximum Gasteiger partial charge on any atom is 0.335 e. The van der Waals surface area contributed by atoms with Gasteiger partial charge in [-0.3, -0.25) is 9.20 Å². The van der Waals surface area contributed by atoms with Crippen LogP contribution in [0.5, 0.6) is 0 Å². The zero-order valence-corrected chi connectivity index (χ0v) is 12.6. The van der Waals surface area contributed by atoms with E-state index in [9.17, 15) is 9.59 Å². The van der Waals surface area contributed by atoms with Gasteiger partial charge in [-0.15, -0.1) is 0 Å². The Morgan fingerprint density at radius 3 is 2.83 bits per heavy atom. The van der Waals surface area contributed by atoms with Crippen LogP contribution in [-0.4, -0.2) is 26.4 Å². The molecule has 0 aliphatic carbocycles. The lowest BCUT2D eigenvalue weighted by Gasteiger charge is -2.06. The van der Waals surface area contributed by atoms with Gasteiger partial charge < -0.3 is 10.4 Å². The summed E-state index contributed by atoms with van der Waals surface area (Å²) in [4.78, 5) is 27.4. The molecule has 7 heteroatoms. The molecular weight excluding hydrogens is 318 g/mol. The van der Waals surface area contributed by atoms with E-state index in [-0.39, 0.29) is 28.9 Å². The molecule has 0 aliphatic heterocycles. The molecule has 0 spiro atoms. The third-order valence-electron chi connectivity index (χ3n) is 3.33. The van der Waals surface area contributed by atoms with Crippen LogP contribution in [0.15, 0.2) is 48.7 Å². The number of nitrogens with one attached hydrogen (secondary N) is 1. The smallest absolute Gasteiger partial charge is 0.335 e. The summed E-state index contributed by atoms with van der Waals surface area (Å²) in [7, 11) is 0. The van der Waals surface area contributed by atoms with Gasteiger partial charge in [0.2, 0.25) is 0 Å². The highest BCUT2D eigenvalue weighted by molar-refractivity contribution is 6.32. The van der Waals surface area contributed by atoms with Crippen LogP contribution in [0.4, 0.5) is 0 Å². The molecule has 6 nitrogen and oxygen atoms in total. The van der Waals surface area contributed by atoms with Crippen LogP contribution in [0.3, 0.4) is 0 Å². The molecule has 0 bridgehead atoms. The van der Waals surface area contributed by atoms with E-state index in [1.54, 1.807) is 40.9 Å². The number of halogens is 1. The second-order valence-electron chi connectivity index (χ2n) is 4.87. The van der Waals surface area contributed by atoms with E-state index >= 15 is 0 Å². The third kappa shape index (κ3) is 3.02. The van der Waals surface area contributed by atoms with Crippen molar-refractivity contribution in [2.24, 2.45) is 0 Å². The summed E-state index contributed by atoms with van der Waals surface area (Å²) in [6.07, 6.45) is 1.70. The van der Waals surface area contributed by atoms with Crippen molar-refractivity contribution in [1.29, 1.82) is 0 Å². The van der Waals surface area contributed by atoms with E-state index in [1.807, 2.05) is 0 Å². The fourth-order valence-electron chi connectivity index (χ4n) is 2.25. The van der Waals surface area contributed by atoms with Gasteiger partial charge in [0.05, 0.1) is 5.56 Å². The number of nitrogens with zero attached hydrogens (tertiary/aromatic N) is 2. The van der Waals surface area contributed by atoms with Gasteiger partial charge in [0.1, 0.15) is 5.65 Å². The van der Waals surface area contributed by atoms with Crippen LogP contribution in [-0.2, 0) is 6.54 Å². The number of rotatable bonds is 4. The van der Waals surface area contributed by atoms with E-state index in [2.05, 4.69) is 10.3 Å². The third-order valence-corrected chi connectivity index (χ3v) is 3.59. The Kier molecular flexibility index (Phi) is 3.99. The summed E-state index contributed by atoms with van der Waals surface area (Å²) in [6, 6.07) is 11.7. The van der Waals surface area contributed by atoms with Crippen molar-refractivity contribution in [2.75, 3.05) is 0 Å². The Bertz CT molecular complexity index is 904. The molecule has 0 saturated heterocycles. The number of aromatic carboxylic acids is 1. The van der Waals surface area contributed by atoms with Gasteiger partial charge in [0, 0.05) is 12.7 Å². The number of carbonyl (C=O) groups excluding carboxylic acids is 1. The van der Waals surface area contributed by atoms with Gasteiger partial charge in [-0.25, -0.2) is 9.78 Å². The largest absolute Gasteiger partial charge is 0.478 e. The van der Waals surface area contributed by atoms with Crippen molar-refractivity contribution in [3.05, 3.63) is 70.6 Å². The van der Waals surface area contributed by atoms with Crippen LogP contribution in [0.2, 0.25) is 5.15 Å². The zero-order valence-electron chi connectivity index (χ0n) is 11.9. The van der Waals surface area contributed by atoms with Gasteiger partial charge in [-0.2, -0.15) is 0 Å². The monoisotopic (exact) mass is 329 g/mol. The van der Waals surface area contributed by atoms with Gasteiger partial charge in [0.25, 0.3) is 5.91 Å². The van der Waals surface area contributed by atoms with E-state index in [0.29, 0.717) is 11.2 Å². The summed E-state index contributed by atoms with van der Waals surface area (Å²) < 4.78 is 1.60. The Morgan fingerprint density at radius 2 is 2.04 bits per heavy atom. The summed E-state index contributed by atoms with van der Waals surface area (Å²) in [5.74, 6) is -1.39. The predicted octanol–water partition coefficient (Wildman–Crippen LogP) is 2.62. The Hall–Kier alpha value is -2.86. The molecule has 1 aromatic carbocycles. The van der Waals surface area contributed by atoms with E-state index in [0.717, 1.165) is 0 Å². The molecule has 0 atom stereocenters. The summed E-state index contributed by atoms with van der Waals surface area (Å²) in [5.41, 5.74) is 1.68. The first kappa shape index (κ1) is 15.1. The molecule has 116 valence electrons. The van der Waals surface area contributed by atoms with Crippen LogP contribution in [0, 0.1) is 0 Å². The van der Waals surface area contributed by atoms with Crippen molar-refractivity contribution in [2.45, 2.75) is 6.54 Å². The molecule has 2 N–H and O–H groups in total. The Morgan fingerprint density at radius 1 is 1.22 bits per heavy atom. The topological polar surface area (TPSA) is 83.7 Å². The number of amides is 1. The average Bonchev–Trinajstić information content (AvgIpc) is 2.88. The molecular formula is C16H12ClN3O3. The molecule has 0 saturated carbocycles. The fourth-order valence-corrected chi connectivity index (χ4v) is 2.51. The second-order valence-corrected chi connectivity index (χ2v) is 5.23. The van der Waals surface area contributed by atoms with Crippen molar-refractivity contribution in [3.8, 4) is 0 Å².